The lowest BCUT2D eigenvalue weighted by molar-refractivity contribution is 0.117. The minimum absolute atomic E-state index is 0.0620. The number of halogens is 2. The first kappa shape index (κ1) is 12.1. The first-order valence-electron chi connectivity index (χ1n) is 4.89. The van der Waals surface area contributed by atoms with Crippen molar-refractivity contribution >= 4 is 0 Å². The fourth-order valence-electron chi connectivity index (χ4n) is 1.28. The summed E-state index contributed by atoms with van der Waals surface area (Å²) >= 11 is 0. The third-order valence-electron chi connectivity index (χ3n) is 2.28. The SMILES string of the molecule is CC(C)(C)n1cc(C(CN)C(F)F)cn1. The van der Waals surface area contributed by atoms with E-state index in [0.717, 1.165) is 0 Å². The highest BCUT2D eigenvalue weighted by Gasteiger charge is 2.24. The van der Waals surface area contributed by atoms with Gasteiger partial charge in [0.15, 0.2) is 0 Å². The first-order chi connectivity index (χ1) is 6.86. The maximum Gasteiger partial charge on any atom is 0.246 e. The van der Waals surface area contributed by atoms with Crippen LogP contribution in [0.2, 0.25) is 0 Å². The molecule has 0 saturated heterocycles. The van der Waals surface area contributed by atoms with Crippen LogP contribution >= 0.6 is 0 Å². The maximum absolute atomic E-state index is 12.6. The minimum atomic E-state index is -2.44. The number of nitrogens with zero attached hydrogens (tertiary/aromatic N) is 2. The van der Waals surface area contributed by atoms with Gasteiger partial charge in [-0.2, -0.15) is 5.10 Å². The van der Waals surface area contributed by atoms with Gasteiger partial charge in [-0.3, -0.25) is 4.68 Å². The van der Waals surface area contributed by atoms with Crippen molar-refractivity contribution in [2.75, 3.05) is 6.54 Å². The van der Waals surface area contributed by atoms with Crippen LogP contribution in [-0.4, -0.2) is 22.8 Å². The molecule has 86 valence electrons. The van der Waals surface area contributed by atoms with E-state index in [0.29, 0.717) is 5.56 Å². The van der Waals surface area contributed by atoms with Gasteiger partial charge in [0.2, 0.25) is 6.43 Å². The molecule has 0 spiro atoms. The molecular weight excluding hydrogens is 200 g/mol. The molecule has 1 unspecified atom stereocenters. The van der Waals surface area contributed by atoms with E-state index in [2.05, 4.69) is 5.10 Å². The van der Waals surface area contributed by atoms with E-state index in [1.54, 1.807) is 10.9 Å². The average Bonchev–Trinajstić information content (AvgIpc) is 2.52. The summed E-state index contributed by atoms with van der Waals surface area (Å²) in [6.45, 7) is 5.82. The number of aromatic nitrogens is 2. The first-order valence-corrected chi connectivity index (χ1v) is 4.89. The van der Waals surface area contributed by atoms with E-state index in [-0.39, 0.29) is 12.1 Å². The second kappa shape index (κ2) is 4.26. The summed E-state index contributed by atoms with van der Waals surface area (Å²) in [5, 5.41) is 4.07. The number of alkyl halides is 2. The highest BCUT2D eigenvalue weighted by Crippen LogP contribution is 2.23. The lowest BCUT2D eigenvalue weighted by atomic mass is 10.0. The fraction of sp³-hybridized carbons (Fsp3) is 0.700. The molecule has 15 heavy (non-hydrogen) atoms. The number of nitrogens with two attached hydrogens (primary N) is 1. The Morgan fingerprint density at radius 1 is 1.47 bits per heavy atom. The molecule has 1 aromatic rings. The van der Waals surface area contributed by atoms with E-state index < -0.39 is 12.3 Å². The lowest BCUT2D eigenvalue weighted by Gasteiger charge is -2.19. The standard InChI is InChI=1S/C10H17F2N3/c1-10(2,3)15-6-7(5-14-15)8(4-13)9(11)12/h5-6,8-9H,4,13H2,1-3H3. The second-order valence-electron chi connectivity index (χ2n) is 4.57. The molecule has 1 aromatic heterocycles. The molecule has 2 N–H and O–H groups in total. The zero-order valence-corrected chi connectivity index (χ0v) is 9.24. The van der Waals surface area contributed by atoms with Crippen LogP contribution in [0.15, 0.2) is 12.4 Å². The molecule has 0 radical (unpaired) electrons. The van der Waals surface area contributed by atoms with Crippen molar-refractivity contribution in [1.29, 1.82) is 0 Å². The van der Waals surface area contributed by atoms with Gasteiger partial charge in [0.1, 0.15) is 0 Å². The minimum Gasteiger partial charge on any atom is -0.330 e. The molecule has 1 heterocycles. The van der Waals surface area contributed by atoms with Crippen molar-refractivity contribution in [2.45, 2.75) is 38.7 Å². The Hall–Kier alpha value is -0.970. The van der Waals surface area contributed by atoms with Gasteiger partial charge in [0.25, 0.3) is 0 Å². The molecule has 1 rings (SSSR count). The molecule has 0 aromatic carbocycles. The fourth-order valence-corrected chi connectivity index (χ4v) is 1.28. The van der Waals surface area contributed by atoms with Crippen molar-refractivity contribution in [3.05, 3.63) is 18.0 Å². The summed E-state index contributed by atoms with van der Waals surface area (Å²) in [4.78, 5) is 0. The second-order valence-corrected chi connectivity index (χ2v) is 4.57. The molecule has 3 nitrogen and oxygen atoms in total. The van der Waals surface area contributed by atoms with Crippen LogP contribution in [0.4, 0.5) is 8.78 Å². The summed E-state index contributed by atoms with van der Waals surface area (Å²) in [5.74, 6) is -0.916. The molecule has 0 bridgehead atoms. The Bertz CT molecular complexity index is 315. The van der Waals surface area contributed by atoms with Gasteiger partial charge < -0.3 is 5.73 Å². The summed E-state index contributed by atoms with van der Waals surface area (Å²) in [5.41, 5.74) is 5.61. The molecule has 5 heteroatoms. The van der Waals surface area contributed by atoms with Gasteiger partial charge in [-0.05, 0) is 20.8 Å². The van der Waals surface area contributed by atoms with Crippen molar-refractivity contribution in [2.24, 2.45) is 5.73 Å². The highest BCUT2D eigenvalue weighted by molar-refractivity contribution is 5.13. The Morgan fingerprint density at radius 3 is 2.40 bits per heavy atom. The normalized spacial score (nSPS) is 14.6. The third-order valence-corrected chi connectivity index (χ3v) is 2.28. The molecule has 1 atom stereocenters. The molecule has 0 aliphatic carbocycles. The number of rotatable bonds is 3. The van der Waals surface area contributed by atoms with Crippen molar-refractivity contribution in [3.8, 4) is 0 Å². The van der Waals surface area contributed by atoms with E-state index in [4.69, 9.17) is 5.73 Å². The topological polar surface area (TPSA) is 43.8 Å². The molecule has 0 saturated carbocycles. The van der Waals surface area contributed by atoms with E-state index >= 15 is 0 Å². The Kier molecular flexibility index (Phi) is 3.44. The third kappa shape index (κ3) is 2.75. The molecular formula is C10H17F2N3. The van der Waals surface area contributed by atoms with Crippen LogP contribution < -0.4 is 5.73 Å². The van der Waals surface area contributed by atoms with Crippen LogP contribution in [-0.2, 0) is 5.54 Å². The largest absolute Gasteiger partial charge is 0.330 e. The van der Waals surface area contributed by atoms with Gasteiger partial charge in [-0.15, -0.1) is 0 Å². The highest BCUT2D eigenvalue weighted by atomic mass is 19.3. The van der Waals surface area contributed by atoms with Crippen LogP contribution in [0.3, 0.4) is 0 Å². The maximum atomic E-state index is 12.6. The smallest absolute Gasteiger partial charge is 0.246 e. The zero-order valence-electron chi connectivity index (χ0n) is 9.24. The molecule has 0 amide bonds. The number of hydrogen-bond acceptors (Lipinski definition) is 2. The van der Waals surface area contributed by atoms with Crippen molar-refractivity contribution in [1.82, 2.24) is 9.78 Å². The number of hydrogen-bond donors (Lipinski definition) is 1. The quantitative estimate of drug-likeness (QED) is 0.841. The Morgan fingerprint density at radius 2 is 2.07 bits per heavy atom. The van der Waals surface area contributed by atoms with Crippen LogP contribution in [0.1, 0.15) is 32.3 Å². The van der Waals surface area contributed by atoms with Gasteiger partial charge >= 0.3 is 0 Å². The molecule has 0 aliphatic heterocycles. The zero-order chi connectivity index (χ0) is 11.6. The van der Waals surface area contributed by atoms with Gasteiger partial charge in [-0.1, -0.05) is 0 Å². The van der Waals surface area contributed by atoms with Gasteiger partial charge in [0.05, 0.1) is 17.7 Å². The summed E-state index contributed by atoms with van der Waals surface area (Å²) < 4.78 is 26.8. The Balaban J connectivity index is 2.92. The van der Waals surface area contributed by atoms with Crippen LogP contribution in [0, 0.1) is 0 Å². The average molecular weight is 217 g/mol. The molecule has 0 aliphatic rings. The van der Waals surface area contributed by atoms with Crippen LogP contribution in [0.5, 0.6) is 0 Å². The van der Waals surface area contributed by atoms with Crippen LogP contribution in [0.25, 0.3) is 0 Å². The van der Waals surface area contributed by atoms with E-state index in [9.17, 15) is 8.78 Å². The summed E-state index contributed by atoms with van der Waals surface area (Å²) in [6.07, 6.45) is 0.672. The van der Waals surface area contributed by atoms with Gasteiger partial charge in [-0.25, -0.2) is 8.78 Å². The Labute approximate surface area is 88.3 Å². The predicted octanol–water partition coefficient (Wildman–Crippen LogP) is 1.95. The van der Waals surface area contributed by atoms with Crippen molar-refractivity contribution < 1.29 is 8.78 Å². The van der Waals surface area contributed by atoms with E-state index in [1.807, 2.05) is 20.8 Å². The van der Waals surface area contributed by atoms with Crippen molar-refractivity contribution in [3.63, 3.8) is 0 Å². The van der Waals surface area contributed by atoms with Gasteiger partial charge in [0, 0.05) is 18.3 Å². The lowest BCUT2D eigenvalue weighted by Crippen LogP contribution is -2.22. The summed E-state index contributed by atoms with van der Waals surface area (Å²) in [6, 6.07) is 0. The molecule has 0 fully saturated rings. The summed E-state index contributed by atoms with van der Waals surface area (Å²) in [7, 11) is 0. The monoisotopic (exact) mass is 217 g/mol. The van der Waals surface area contributed by atoms with E-state index in [1.165, 1.54) is 6.20 Å². The predicted molar refractivity (Wildman–Crippen MR) is 55.0 cm³/mol.